The van der Waals surface area contributed by atoms with Gasteiger partial charge in [0.2, 0.25) is 5.91 Å². The van der Waals surface area contributed by atoms with E-state index in [2.05, 4.69) is 15.6 Å². The molecular weight excluding hydrogens is 238 g/mol. The van der Waals surface area contributed by atoms with Crippen LogP contribution in [0.2, 0.25) is 0 Å². The highest BCUT2D eigenvalue weighted by atomic mass is 16.1. The first-order valence-electron chi connectivity index (χ1n) is 7.18. The first kappa shape index (κ1) is 13.8. The number of pyridine rings is 1. The van der Waals surface area contributed by atoms with Gasteiger partial charge in [-0.25, -0.2) is 4.98 Å². The molecule has 0 atom stereocenters. The van der Waals surface area contributed by atoms with Crippen molar-refractivity contribution in [3.05, 3.63) is 18.3 Å². The van der Waals surface area contributed by atoms with Gasteiger partial charge in [-0.2, -0.15) is 0 Å². The van der Waals surface area contributed by atoms with Crippen molar-refractivity contribution < 1.29 is 4.79 Å². The van der Waals surface area contributed by atoms with Crippen molar-refractivity contribution in [2.75, 3.05) is 10.6 Å². The normalized spacial score (nSPS) is 16.4. The lowest BCUT2D eigenvalue weighted by molar-refractivity contribution is -0.118. The van der Waals surface area contributed by atoms with Crippen molar-refractivity contribution in [1.29, 1.82) is 0 Å². The quantitative estimate of drug-likeness (QED) is 0.873. The number of hydrogen-bond acceptors (Lipinski definition) is 3. The molecule has 1 aromatic rings. The van der Waals surface area contributed by atoms with E-state index in [1.807, 2.05) is 26.0 Å². The highest BCUT2D eigenvalue weighted by molar-refractivity contribution is 5.91. The first-order valence-corrected chi connectivity index (χ1v) is 7.18. The number of rotatable bonds is 4. The Kier molecular flexibility index (Phi) is 4.77. The topological polar surface area (TPSA) is 54.0 Å². The highest BCUT2D eigenvalue weighted by Crippen LogP contribution is 2.21. The predicted molar refractivity (Wildman–Crippen MR) is 78.2 cm³/mol. The Hall–Kier alpha value is -1.58. The van der Waals surface area contributed by atoms with Crippen LogP contribution in [0.25, 0.3) is 0 Å². The summed E-state index contributed by atoms with van der Waals surface area (Å²) in [6.45, 7) is 3.74. The van der Waals surface area contributed by atoms with Crippen LogP contribution in [0.3, 0.4) is 0 Å². The SMILES string of the molecule is CC(C)C(=O)Nc1ccc(NC2CCCCC2)cn1. The van der Waals surface area contributed by atoms with Gasteiger partial charge in [-0.05, 0) is 25.0 Å². The molecule has 1 aliphatic carbocycles. The Morgan fingerprint density at radius 2 is 2.00 bits per heavy atom. The minimum absolute atomic E-state index is 0.000453. The van der Waals surface area contributed by atoms with Gasteiger partial charge in [0.1, 0.15) is 5.82 Å². The van der Waals surface area contributed by atoms with E-state index in [0.717, 1.165) is 5.69 Å². The Balaban J connectivity index is 1.88. The Morgan fingerprint density at radius 1 is 1.26 bits per heavy atom. The smallest absolute Gasteiger partial charge is 0.228 e. The molecule has 0 aliphatic heterocycles. The molecule has 0 radical (unpaired) electrons. The van der Waals surface area contributed by atoms with Crippen LogP contribution >= 0.6 is 0 Å². The second-order valence-electron chi connectivity index (χ2n) is 5.56. The maximum absolute atomic E-state index is 11.5. The average molecular weight is 261 g/mol. The minimum atomic E-state index is -0.0261. The van der Waals surface area contributed by atoms with Gasteiger partial charge in [-0.15, -0.1) is 0 Å². The molecule has 4 heteroatoms. The van der Waals surface area contributed by atoms with E-state index in [9.17, 15) is 4.79 Å². The number of anilines is 2. The fourth-order valence-corrected chi connectivity index (χ4v) is 2.31. The number of hydrogen-bond donors (Lipinski definition) is 2. The van der Waals surface area contributed by atoms with Crippen molar-refractivity contribution in [3.63, 3.8) is 0 Å². The molecule has 1 aromatic heterocycles. The Labute approximate surface area is 115 Å². The second kappa shape index (κ2) is 6.55. The number of aromatic nitrogens is 1. The van der Waals surface area contributed by atoms with Crippen LogP contribution in [0, 0.1) is 5.92 Å². The summed E-state index contributed by atoms with van der Waals surface area (Å²) in [5, 5.41) is 6.30. The van der Waals surface area contributed by atoms with Gasteiger partial charge >= 0.3 is 0 Å². The summed E-state index contributed by atoms with van der Waals surface area (Å²) in [7, 11) is 0. The maximum Gasteiger partial charge on any atom is 0.228 e. The molecule has 0 unspecified atom stereocenters. The molecule has 1 amide bonds. The molecule has 0 saturated heterocycles. The third-order valence-electron chi connectivity index (χ3n) is 3.52. The van der Waals surface area contributed by atoms with Crippen LogP contribution in [-0.2, 0) is 4.79 Å². The second-order valence-corrected chi connectivity index (χ2v) is 5.56. The molecule has 4 nitrogen and oxygen atoms in total. The summed E-state index contributed by atoms with van der Waals surface area (Å²) in [6, 6.07) is 4.41. The lowest BCUT2D eigenvalue weighted by Gasteiger charge is -2.23. The molecule has 1 fully saturated rings. The summed E-state index contributed by atoms with van der Waals surface area (Å²) < 4.78 is 0. The van der Waals surface area contributed by atoms with Crippen LogP contribution in [-0.4, -0.2) is 16.9 Å². The third kappa shape index (κ3) is 4.23. The number of nitrogens with one attached hydrogen (secondary N) is 2. The lowest BCUT2D eigenvalue weighted by atomic mass is 9.95. The van der Waals surface area contributed by atoms with E-state index in [0.29, 0.717) is 11.9 Å². The zero-order chi connectivity index (χ0) is 13.7. The van der Waals surface area contributed by atoms with Crippen LogP contribution < -0.4 is 10.6 Å². The number of carbonyl (C=O) groups excluding carboxylic acids is 1. The standard InChI is InChI=1S/C15H23N3O/c1-11(2)15(19)18-14-9-8-13(10-16-14)17-12-6-4-3-5-7-12/h8-12,17H,3-7H2,1-2H3,(H,16,18,19). The number of amides is 1. The molecule has 0 spiro atoms. The van der Waals surface area contributed by atoms with Crippen molar-refractivity contribution in [2.24, 2.45) is 5.92 Å². The molecule has 1 saturated carbocycles. The largest absolute Gasteiger partial charge is 0.381 e. The Morgan fingerprint density at radius 3 is 2.58 bits per heavy atom. The van der Waals surface area contributed by atoms with E-state index < -0.39 is 0 Å². The highest BCUT2D eigenvalue weighted by Gasteiger charge is 2.13. The van der Waals surface area contributed by atoms with Crippen LogP contribution in [0.1, 0.15) is 46.0 Å². The summed E-state index contributed by atoms with van der Waals surface area (Å²) >= 11 is 0. The molecule has 0 aromatic carbocycles. The maximum atomic E-state index is 11.5. The molecule has 0 bridgehead atoms. The van der Waals surface area contributed by atoms with E-state index in [1.165, 1.54) is 32.1 Å². The molecular formula is C15H23N3O. The fourth-order valence-electron chi connectivity index (χ4n) is 2.31. The van der Waals surface area contributed by atoms with E-state index >= 15 is 0 Å². The summed E-state index contributed by atoms with van der Waals surface area (Å²) in [4.78, 5) is 15.8. The van der Waals surface area contributed by atoms with Crippen LogP contribution in [0.5, 0.6) is 0 Å². The van der Waals surface area contributed by atoms with Gasteiger partial charge in [0.05, 0.1) is 11.9 Å². The van der Waals surface area contributed by atoms with Crippen molar-refractivity contribution >= 4 is 17.4 Å². The third-order valence-corrected chi connectivity index (χ3v) is 3.52. The molecule has 2 N–H and O–H groups in total. The van der Waals surface area contributed by atoms with Gasteiger partial charge in [-0.3, -0.25) is 4.79 Å². The van der Waals surface area contributed by atoms with Crippen LogP contribution in [0.4, 0.5) is 11.5 Å². The molecule has 104 valence electrons. The minimum Gasteiger partial charge on any atom is -0.381 e. The fraction of sp³-hybridized carbons (Fsp3) is 0.600. The van der Waals surface area contributed by atoms with Crippen molar-refractivity contribution in [2.45, 2.75) is 52.0 Å². The monoisotopic (exact) mass is 261 g/mol. The average Bonchev–Trinajstić information content (AvgIpc) is 2.42. The molecule has 2 rings (SSSR count). The van der Waals surface area contributed by atoms with E-state index in [4.69, 9.17) is 0 Å². The van der Waals surface area contributed by atoms with Crippen molar-refractivity contribution in [1.82, 2.24) is 4.98 Å². The van der Waals surface area contributed by atoms with Gasteiger partial charge in [0.15, 0.2) is 0 Å². The van der Waals surface area contributed by atoms with Gasteiger partial charge in [0.25, 0.3) is 0 Å². The Bertz CT molecular complexity index is 408. The number of carbonyl (C=O) groups is 1. The zero-order valence-corrected chi connectivity index (χ0v) is 11.8. The molecule has 1 aliphatic rings. The molecule has 1 heterocycles. The summed E-state index contributed by atoms with van der Waals surface area (Å²) in [5.41, 5.74) is 1.04. The van der Waals surface area contributed by atoms with Gasteiger partial charge < -0.3 is 10.6 Å². The zero-order valence-electron chi connectivity index (χ0n) is 11.8. The van der Waals surface area contributed by atoms with Crippen molar-refractivity contribution in [3.8, 4) is 0 Å². The first-order chi connectivity index (χ1) is 9.15. The van der Waals surface area contributed by atoms with E-state index in [1.54, 1.807) is 6.20 Å². The lowest BCUT2D eigenvalue weighted by Crippen LogP contribution is -2.22. The van der Waals surface area contributed by atoms with E-state index in [-0.39, 0.29) is 11.8 Å². The summed E-state index contributed by atoms with van der Waals surface area (Å²) in [5.74, 6) is 0.593. The van der Waals surface area contributed by atoms with Crippen LogP contribution in [0.15, 0.2) is 18.3 Å². The predicted octanol–water partition coefficient (Wildman–Crippen LogP) is 3.42. The molecule has 19 heavy (non-hydrogen) atoms. The number of nitrogens with zero attached hydrogens (tertiary/aromatic N) is 1. The van der Waals surface area contributed by atoms with Gasteiger partial charge in [0, 0.05) is 12.0 Å². The van der Waals surface area contributed by atoms with Gasteiger partial charge in [-0.1, -0.05) is 33.1 Å². The summed E-state index contributed by atoms with van der Waals surface area (Å²) in [6.07, 6.45) is 8.26.